The number of nitrogens with two attached hydrogens (primary N) is 1. The van der Waals surface area contributed by atoms with Gasteiger partial charge in [-0.2, -0.15) is 0 Å². The van der Waals surface area contributed by atoms with Crippen molar-refractivity contribution < 1.29 is 4.79 Å². The first-order chi connectivity index (χ1) is 7.61. The van der Waals surface area contributed by atoms with Gasteiger partial charge in [0.15, 0.2) is 0 Å². The van der Waals surface area contributed by atoms with Crippen molar-refractivity contribution in [3.05, 3.63) is 35.4 Å². The Labute approximate surface area is 97.2 Å². The lowest BCUT2D eigenvalue weighted by Gasteiger charge is -2.10. The van der Waals surface area contributed by atoms with Gasteiger partial charge in [0, 0.05) is 5.56 Å². The summed E-state index contributed by atoms with van der Waals surface area (Å²) in [5.74, 6) is -0.330. The fourth-order valence-electron chi connectivity index (χ4n) is 1.72. The van der Waals surface area contributed by atoms with E-state index in [-0.39, 0.29) is 5.91 Å². The van der Waals surface area contributed by atoms with Gasteiger partial charge in [0.05, 0.1) is 0 Å². The molecule has 0 fully saturated rings. The molecule has 1 rings (SSSR count). The van der Waals surface area contributed by atoms with Crippen LogP contribution >= 0.6 is 0 Å². The number of amides is 1. The molecule has 16 heavy (non-hydrogen) atoms. The average Bonchev–Trinajstić information content (AvgIpc) is 2.24. The lowest BCUT2D eigenvalue weighted by Crippen LogP contribution is -2.15. The van der Waals surface area contributed by atoms with Crippen molar-refractivity contribution in [2.24, 2.45) is 5.73 Å². The Morgan fingerprint density at radius 1 is 1.25 bits per heavy atom. The highest BCUT2D eigenvalue weighted by atomic mass is 16.1. The zero-order valence-electron chi connectivity index (χ0n) is 10.1. The summed E-state index contributed by atoms with van der Waals surface area (Å²) in [6.07, 6.45) is 3.15. The number of primary amides is 1. The van der Waals surface area contributed by atoms with Crippen LogP contribution in [0.4, 0.5) is 0 Å². The minimum absolute atomic E-state index is 0.330. The third kappa shape index (κ3) is 4.03. The number of hydrogen-bond donors (Lipinski definition) is 1. The van der Waals surface area contributed by atoms with Crippen molar-refractivity contribution in [1.82, 2.24) is 4.90 Å². The number of aryl methyl sites for hydroxylation is 1. The number of unbranched alkanes of at least 4 members (excludes halogenated alkanes) is 1. The normalized spacial score (nSPS) is 10.7. The van der Waals surface area contributed by atoms with Crippen LogP contribution < -0.4 is 5.73 Å². The average molecular weight is 220 g/mol. The van der Waals surface area contributed by atoms with E-state index in [2.05, 4.69) is 19.0 Å². The highest BCUT2D eigenvalue weighted by Gasteiger charge is 2.06. The van der Waals surface area contributed by atoms with E-state index >= 15 is 0 Å². The molecule has 0 spiro atoms. The van der Waals surface area contributed by atoms with Gasteiger partial charge in [0.25, 0.3) is 0 Å². The highest BCUT2D eigenvalue weighted by Crippen LogP contribution is 2.11. The van der Waals surface area contributed by atoms with Crippen LogP contribution in [0, 0.1) is 0 Å². The van der Waals surface area contributed by atoms with Gasteiger partial charge in [0.2, 0.25) is 5.91 Å². The number of carbonyl (C=O) groups excluding carboxylic acids is 1. The fourth-order valence-corrected chi connectivity index (χ4v) is 1.72. The molecule has 3 heteroatoms. The molecule has 0 aromatic heterocycles. The third-order valence-electron chi connectivity index (χ3n) is 2.58. The first-order valence-corrected chi connectivity index (χ1v) is 5.63. The maximum atomic E-state index is 11.2. The summed E-state index contributed by atoms with van der Waals surface area (Å²) in [7, 11) is 4.13. The van der Waals surface area contributed by atoms with Gasteiger partial charge in [0.1, 0.15) is 0 Å². The van der Waals surface area contributed by atoms with Gasteiger partial charge in [-0.25, -0.2) is 0 Å². The Hall–Kier alpha value is -1.35. The molecule has 88 valence electrons. The topological polar surface area (TPSA) is 46.3 Å². The minimum atomic E-state index is -0.330. The quantitative estimate of drug-likeness (QED) is 0.741. The van der Waals surface area contributed by atoms with Gasteiger partial charge in [-0.05, 0) is 51.5 Å². The minimum Gasteiger partial charge on any atom is -0.366 e. The van der Waals surface area contributed by atoms with Gasteiger partial charge < -0.3 is 10.6 Å². The molecule has 0 unspecified atom stereocenters. The number of hydrogen-bond acceptors (Lipinski definition) is 2. The Kier molecular flexibility index (Phi) is 4.99. The monoisotopic (exact) mass is 220 g/mol. The molecule has 1 aromatic carbocycles. The SMILES string of the molecule is CN(C)CCCCc1ccccc1C(N)=O. The molecule has 0 saturated carbocycles. The molecule has 0 saturated heterocycles. The molecule has 0 atom stereocenters. The van der Waals surface area contributed by atoms with Crippen molar-refractivity contribution >= 4 is 5.91 Å². The summed E-state index contributed by atoms with van der Waals surface area (Å²) in [5, 5.41) is 0. The van der Waals surface area contributed by atoms with E-state index in [1.54, 1.807) is 6.07 Å². The zero-order chi connectivity index (χ0) is 12.0. The second kappa shape index (κ2) is 6.28. The van der Waals surface area contributed by atoms with Crippen LogP contribution in [0.1, 0.15) is 28.8 Å². The van der Waals surface area contributed by atoms with E-state index < -0.39 is 0 Å². The standard InChI is InChI=1S/C13H20N2O/c1-15(2)10-6-5-8-11-7-3-4-9-12(11)13(14)16/h3-4,7,9H,5-6,8,10H2,1-2H3,(H2,14,16). The first-order valence-electron chi connectivity index (χ1n) is 5.63. The molecule has 2 N–H and O–H groups in total. The van der Waals surface area contributed by atoms with E-state index in [1.807, 2.05) is 18.2 Å². The lowest BCUT2D eigenvalue weighted by atomic mass is 10.0. The van der Waals surface area contributed by atoms with Crippen LogP contribution in [0.25, 0.3) is 0 Å². The van der Waals surface area contributed by atoms with Crippen LogP contribution in [0.2, 0.25) is 0 Å². The molecule has 0 aliphatic heterocycles. The summed E-state index contributed by atoms with van der Waals surface area (Å²) in [5.41, 5.74) is 7.04. The predicted molar refractivity (Wildman–Crippen MR) is 66.5 cm³/mol. The summed E-state index contributed by atoms with van der Waals surface area (Å²) >= 11 is 0. The molecule has 0 heterocycles. The molecule has 3 nitrogen and oxygen atoms in total. The molecule has 0 aliphatic rings. The van der Waals surface area contributed by atoms with E-state index in [9.17, 15) is 4.79 Å². The summed E-state index contributed by atoms with van der Waals surface area (Å²) in [6.45, 7) is 1.08. The molecule has 0 aliphatic carbocycles. The number of rotatable bonds is 6. The van der Waals surface area contributed by atoms with Gasteiger partial charge >= 0.3 is 0 Å². The van der Waals surface area contributed by atoms with E-state index in [0.29, 0.717) is 5.56 Å². The van der Waals surface area contributed by atoms with Crippen molar-refractivity contribution in [2.75, 3.05) is 20.6 Å². The van der Waals surface area contributed by atoms with Crippen molar-refractivity contribution in [3.8, 4) is 0 Å². The molecule has 0 radical (unpaired) electrons. The van der Waals surface area contributed by atoms with Crippen molar-refractivity contribution in [2.45, 2.75) is 19.3 Å². The zero-order valence-corrected chi connectivity index (χ0v) is 10.1. The summed E-state index contributed by atoms with van der Waals surface area (Å²) in [4.78, 5) is 13.3. The Balaban J connectivity index is 2.50. The molecular weight excluding hydrogens is 200 g/mol. The van der Waals surface area contributed by atoms with Crippen LogP contribution in [-0.2, 0) is 6.42 Å². The summed E-state index contributed by atoms with van der Waals surface area (Å²) in [6, 6.07) is 7.58. The second-order valence-corrected chi connectivity index (χ2v) is 4.28. The molecular formula is C13H20N2O. The summed E-state index contributed by atoms with van der Waals surface area (Å²) < 4.78 is 0. The van der Waals surface area contributed by atoms with Crippen molar-refractivity contribution in [3.63, 3.8) is 0 Å². The lowest BCUT2D eigenvalue weighted by molar-refractivity contribution is 0.0999. The Bertz CT molecular complexity index is 348. The van der Waals surface area contributed by atoms with Gasteiger partial charge in [-0.3, -0.25) is 4.79 Å². The van der Waals surface area contributed by atoms with Gasteiger partial charge in [-0.1, -0.05) is 18.2 Å². The first kappa shape index (κ1) is 12.7. The van der Waals surface area contributed by atoms with E-state index in [4.69, 9.17) is 5.73 Å². The molecule has 1 amide bonds. The van der Waals surface area contributed by atoms with Gasteiger partial charge in [-0.15, -0.1) is 0 Å². The number of nitrogens with zero attached hydrogens (tertiary/aromatic N) is 1. The number of carbonyl (C=O) groups is 1. The Morgan fingerprint density at radius 3 is 2.56 bits per heavy atom. The number of benzene rings is 1. The fraction of sp³-hybridized carbons (Fsp3) is 0.462. The third-order valence-corrected chi connectivity index (χ3v) is 2.58. The van der Waals surface area contributed by atoms with Crippen LogP contribution in [0.3, 0.4) is 0 Å². The second-order valence-electron chi connectivity index (χ2n) is 4.28. The van der Waals surface area contributed by atoms with Crippen LogP contribution in [0.15, 0.2) is 24.3 Å². The van der Waals surface area contributed by atoms with Crippen molar-refractivity contribution in [1.29, 1.82) is 0 Å². The molecule has 0 bridgehead atoms. The predicted octanol–water partition coefficient (Wildman–Crippen LogP) is 1.67. The smallest absolute Gasteiger partial charge is 0.248 e. The van der Waals surface area contributed by atoms with Crippen LogP contribution in [0.5, 0.6) is 0 Å². The largest absolute Gasteiger partial charge is 0.366 e. The highest BCUT2D eigenvalue weighted by molar-refractivity contribution is 5.94. The maximum absolute atomic E-state index is 11.2. The van der Waals surface area contributed by atoms with Crippen LogP contribution in [-0.4, -0.2) is 31.4 Å². The Morgan fingerprint density at radius 2 is 1.94 bits per heavy atom. The van der Waals surface area contributed by atoms with E-state index in [0.717, 1.165) is 31.4 Å². The molecule has 1 aromatic rings. The van der Waals surface area contributed by atoms with E-state index in [1.165, 1.54) is 0 Å². The maximum Gasteiger partial charge on any atom is 0.248 e.